The molecule has 138 valence electrons. The number of benzene rings is 2. The van der Waals surface area contributed by atoms with Crippen molar-refractivity contribution in [3.63, 3.8) is 0 Å². The number of rotatable bonds is 7. The summed E-state index contributed by atoms with van der Waals surface area (Å²) in [4.78, 5) is 28.0. The molecule has 0 saturated heterocycles. The molecule has 0 aliphatic carbocycles. The lowest BCUT2D eigenvalue weighted by atomic mass is 10.1. The smallest absolute Gasteiger partial charge is 0.306 e. The van der Waals surface area contributed by atoms with Crippen LogP contribution in [0.2, 0.25) is 10.0 Å². The fourth-order valence-corrected chi connectivity index (χ4v) is 2.62. The first kappa shape index (κ1) is 19.1. The van der Waals surface area contributed by atoms with Gasteiger partial charge in [-0.2, -0.15) is 4.98 Å². The van der Waals surface area contributed by atoms with Gasteiger partial charge in [0.2, 0.25) is 5.82 Å². The van der Waals surface area contributed by atoms with E-state index in [0.29, 0.717) is 27.0 Å². The van der Waals surface area contributed by atoms with Gasteiger partial charge in [0.25, 0.3) is 5.89 Å². The van der Waals surface area contributed by atoms with Crippen LogP contribution < -0.4 is 0 Å². The zero-order valence-corrected chi connectivity index (χ0v) is 15.5. The third kappa shape index (κ3) is 5.15. The average Bonchev–Trinajstić information content (AvgIpc) is 3.14. The number of aromatic nitrogens is 2. The number of carbonyl (C=O) groups is 2. The van der Waals surface area contributed by atoms with Crippen LogP contribution in [0.15, 0.2) is 53.1 Å². The first-order chi connectivity index (χ1) is 13.0. The highest BCUT2D eigenvalue weighted by Crippen LogP contribution is 2.25. The SMILES string of the molecule is O=C(CCC(=O)c1ccc(Cl)cc1)OCc1nc(-c2ccccc2Cl)no1. The molecule has 3 rings (SSSR count). The summed E-state index contributed by atoms with van der Waals surface area (Å²) >= 11 is 11.9. The normalized spacial score (nSPS) is 10.6. The van der Waals surface area contributed by atoms with Gasteiger partial charge < -0.3 is 9.26 Å². The molecule has 0 aliphatic rings. The highest BCUT2D eigenvalue weighted by molar-refractivity contribution is 6.33. The fourth-order valence-electron chi connectivity index (χ4n) is 2.28. The van der Waals surface area contributed by atoms with E-state index in [2.05, 4.69) is 10.1 Å². The van der Waals surface area contributed by atoms with Crippen molar-refractivity contribution >= 4 is 35.0 Å². The third-order valence-corrected chi connectivity index (χ3v) is 4.24. The minimum Gasteiger partial charge on any atom is -0.456 e. The van der Waals surface area contributed by atoms with Crippen molar-refractivity contribution in [3.8, 4) is 11.4 Å². The van der Waals surface area contributed by atoms with Crippen molar-refractivity contribution in [2.75, 3.05) is 0 Å². The van der Waals surface area contributed by atoms with Gasteiger partial charge in [-0.1, -0.05) is 40.5 Å². The van der Waals surface area contributed by atoms with Gasteiger partial charge in [-0.3, -0.25) is 9.59 Å². The lowest BCUT2D eigenvalue weighted by Gasteiger charge is -2.02. The summed E-state index contributed by atoms with van der Waals surface area (Å²) in [7, 11) is 0. The van der Waals surface area contributed by atoms with Crippen molar-refractivity contribution < 1.29 is 18.8 Å². The summed E-state index contributed by atoms with van der Waals surface area (Å²) in [5.41, 5.74) is 1.11. The maximum absolute atomic E-state index is 12.0. The molecule has 0 N–H and O–H groups in total. The molecule has 6 nitrogen and oxygen atoms in total. The summed E-state index contributed by atoms with van der Waals surface area (Å²) in [6, 6.07) is 13.5. The largest absolute Gasteiger partial charge is 0.456 e. The number of ketones is 1. The van der Waals surface area contributed by atoms with Crippen LogP contribution in [0.1, 0.15) is 29.1 Å². The quantitative estimate of drug-likeness (QED) is 0.417. The van der Waals surface area contributed by atoms with E-state index in [1.54, 1.807) is 48.5 Å². The molecule has 0 fully saturated rings. The van der Waals surface area contributed by atoms with Crippen LogP contribution in [-0.4, -0.2) is 21.9 Å². The number of Topliss-reactive ketones (excluding diaryl/α,β-unsaturated/α-hetero) is 1. The Labute approximate surface area is 165 Å². The van der Waals surface area contributed by atoms with Gasteiger partial charge >= 0.3 is 5.97 Å². The minimum atomic E-state index is -0.533. The molecule has 1 heterocycles. The Morgan fingerprint density at radius 3 is 2.48 bits per heavy atom. The van der Waals surface area contributed by atoms with E-state index in [1.165, 1.54) is 0 Å². The minimum absolute atomic E-state index is 0.0369. The Balaban J connectivity index is 1.49. The molecule has 0 unspecified atom stereocenters. The predicted molar refractivity (Wildman–Crippen MR) is 99.6 cm³/mol. The Kier molecular flexibility index (Phi) is 6.21. The molecule has 0 aliphatic heterocycles. The number of nitrogens with zero attached hydrogens (tertiary/aromatic N) is 2. The van der Waals surface area contributed by atoms with E-state index >= 15 is 0 Å². The molecule has 0 saturated carbocycles. The van der Waals surface area contributed by atoms with Crippen molar-refractivity contribution in [2.45, 2.75) is 19.4 Å². The Bertz CT molecular complexity index is 954. The molecule has 0 radical (unpaired) electrons. The monoisotopic (exact) mass is 404 g/mol. The summed E-state index contributed by atoms with van der Waals surface area (Å²) in [5, 5.41) is 4.85. The number of esters is 1. The van der Waals surface area contributed by atoms with Crippen LogP contribution in [0.4, 0.5) is 0 Å². The molecule has 27 heavy (non-hydrogen) atoms. The Morgan fingerprint density at radius 2 is 1.74 bits per heavy atom. The van der Waals surface area contributed by atoms with Crippen molar-refractivity contribution in [3.05, 3.63) is 70.0 Å². The van der Waals surface area contributed by atoms with E-state index in [4.69, 9.17) is 32.5 Å². The van der Waals surface area contributed by atoms with Gasteiger partial charge in [-0.05, 0) is 36.4 Å². The lowest BCUT2D eigenvalue weighted by molar-refractivity contribution is -0.145. The second-order valence-corrected chi connectivity index (χ2v) is 6.43. The van der Waals surface area contributed by atoms with Crippen LogP contribution in [-0.2, 0) is 16.1 Å². The molecular weight excluding hydrogens is 391 g/mol. The number of hydrogen-bond donors (Lipinski definition) is 0. The number of carbonyl (C=O) groups excluding carboxylic acids is 2. The van der Waals surface area contributed by atoms with Gasteiger partial charge in [0.15, 0.2) is 12.4 Å². The van der Waals surface area contributed by atoms with Crippen LogP contribution >= 0.6 is 23.2 Å². The molecule has 3 aromatic rings. The summed E-state index contributed by atoms with van der Waals surface area (Å²) in [5.74, 6) is -0.246. The molecule has 1 aromatic heterocycles. The zero-order chi connectivity index (χ0) is 19.2. The fraction of sp³-hybridized carbons (Fsp3) is 0.158. The van der Waals surface area contributed by atoms with Gasteiger partial charge in [0.05, 0.1) is 11.4 Å². The summed E-state index contributed by atoms with van der Waals surface area (Å²) in [6.07, 6.45) is -0.0118. The van der Waals surface area contributed by atoms with Gasteiger partial charge in [0, 0.05) is 22.6 Å². The highest BCUT2D eigenvalue weighted by Gasteiger charge is 2.14. The maximum Gasteiger partial charge on any atom is 0.306 e. The van der Waals surface area contributed by atoms with Crippen LogP contribution in [0.5, 0.6) is 0 Å². The molecule has 0 spiro atoms. The molecule has 8 heteroatoms. The molecular formula is C19H14Cl2N2O4. The molecule has 0 amide bonds. The molecule has 2 aromatic carbocycles. The molecule has 0 atom stereocenters. The van der Waals surface area contributed by atoms with Crippen molar-refractivity contribution in [1.82, 2.24) is 10.1 Å². The van der Waals surface area contributed by atoms with E-state index in [1.807, 2.05) is 0 Å². The van der Waals surface area contributed by atoms with E-state index < -0.39 is 5.97 Å². The Morgan fingerprint density at radius 1 is 1.00 bits per heavy atom. The third-order valence-electron chi connectivity index (χ3n) is 3.66. The summed E-state index contributed by atoms with van der Waals surface area (Å²) in [6.45, 7) is -0.175. The maximum atomic E-state index is 12.0. The van der Waals surface area contributed by atoms with Crippen molar-refractivity contribution in [1.29, 1.82) is 0 Å². The van der Waals surface area contributed by atoms with E-state index in [9.17, 15) is 9.59 Å². The van der Waals surface area contributed by atoms with Crippen LogP contribution in [0, 0.1) is 0 Å². The second-order valence-electron chi connectivity index (χ2n) is 5.58. The zero-order valence-electron chi connectivity index (χ0n) is 14.0. The standard InChI is InChI=1S/C19H14Cl2N2O4/c20-13-7-5-12(6-8-13)16(24)9-10-18(25)26-11-17-22-19(23-27-17)14-3-1-2-4-15(14)21/h1-8H,9-11H2. The van der Waals surface area contributed by atoms with Gasteiger partial charge in [0.1, 0.15) is 0 Å². The van der Waals surface area contributed by atoms with E-state index in [-0.39, 0.29) is 31.1 Å². The first-order valence-corrected chi connectivity index (χ1v) is 8.80. The summed E-state index contributed by atoms with van der Waals surface area (Å²) < 4.78 is 10.1. The Hall–Kier alpha value is -2.70. The average molecular weight is 405 g/mol. The number of halogens is 2. The van der Waals surface area contributed by atoms with Crippen LogP contribution in [0.25, 0.3) is 11.4 Å². The number of ether oxygens (including phenoxy) is 1. The molecule has 0 bridgehead atoms. The topological polar surface area (TPSA) is 82.3 Å². The van der Waals surface area contributed by atoms with E-state index in [0.717, 1.165) is 0 Å². The van der Waals surface area contributed by atoms with Gasteiger partial charge in [-0.15, -0.1) is 0 Å². The number of hydrogen-bond acceptors (Lipinski definition) is 6. The first-order valence-electron chi connectivity index (χ1n) is 8.05. The predicted octanol–water partition coefficient (Wildman–Crippen LogP) is 4.75. The van der Waals surface area contributed by atoms with Gasteiger partial charge in [-0.25, -0.2) is 0 Å². The van der Waals surface area contributed by atoms with Crippen molar-refractivity contribution in [2.24, 2.45) is 0 Å². The second kappa shape index (κ2) is 8.79. The van der Waals surface area contributed by atoms with Crippen LogP contribution in [0.3, 0.4) is 0 Å². The lowest BCUT2D eigenvalue weighted by Crippen LogP contribution is -2.08. The highest BCUT2D eigenvalue weighted by atomic mass is 35.5.